The van der Waals surface area contributed by atoms with Gasteiger partial charge in [0, 0.05) is 12.3 Å². The third-order valence-corrected chi connectivity index (χ3v) is 6.00. The Labute approximate surface area is 154 Å². The highest BCUT2D eigenvalue weighted by molar-refractivity contribution is 7.92. The maximum absolute atomic E-state index is 12.8. The van der Waals surface area contributed by atoms with E-state index in [4.69, 9.17) is 0 Å². The van der Waals surface area contributed by atoms with E-state index >= 15 is 0 Å². The average molecular weight is 396 g/mol. The standard InChI is InChI=1S/C17H18F2N4O3S/c1-10(2)27(24,25)12-5-6-13(14(8-12)26-16(18)19)20-17-21-15-7-4-11(3)9-23(15)22-17/h4-10,16H,1-3H3,(H,20,22). The number of pyridine rings is 1. The fourth-order valence-corrected chi connectivity index (χ4v) is 3.48. The molecule has 0 aliphatic rings. The van der Waals surface area contributed by atoms with Crippen molar-refractivity contribution in [1.29, 1.82) is 0 Å². The molecular weight excluding hydrogens is 378 g/mol. The van der Waals surface area contributed by atoms with Crippen molar-refractivity contribution >= 4 is 27.1 Å². The lowest BCUT2D eigenvalue weighted by atomic mass is 10.3. The van der Waals surface area contributed by atoms with Crippen molar-refractivity contribution < 1.29 is 21.9 Å². The molecule has 144 valence electrons. The van der Waals surface area contributed by atoms with Gasteiger partial charge >= 0.3 is 6.61 Å². The van der Waals surface area contributed by atoms with Crippen LogP contribution in [-0.2, 0) is 9.84 Å². The molecular formula is C17H18F2N4O3S. The maximum atomic E-state index is 12.8. The fourth-order valence-electron chi connectivity index (χ4n) is 2.41. The molecule has 0 bridgehead atoms. The number of fused-ring (bicyclic) bond motifs is 1. The van der Waals surface area contributed by atoms with Crippen LogP contribution in [0.15, 0.2) is 41.4 Å². The van der Waals surface area contributed by atoms with Crippen LogP contribution >= 0.6 is 0 Å². The first-order valence-electron chi connectivity index (χ1n) is 8.09. The number of anilines is 2. The van der Waals surface area contributed by atoms with Crippen molar-refractivity contribution in [3.63, 3.8) is 0 Å². The number of benzene rings is 1. The molecule has 1 aromatic carbocycles. The molecule has 0 saturated carbocycles. The molecule has 7 nitrogen and oxygen atoms in total. The van der Waals surface area contributed by atoms with E-state index in [2.05, 4.69) is 20.1 Å². The number of hydrogen-bond donors (Lipinski definition) is 1. The zero-order chi connectivity index (χ0) is 19.8. The quantitative estimate of drug-likeness (QED) is 0.686. The van der Waals surface area contributed by atoms with Crippen LogP contribution in [0.2, 0.25) is 0 Å². The summed E-state index contributed by atoms with van der Waals surface area (Å²) in [4.78, 5) is 4.15. The summed E-state index contributed by atoms with van der Waals surface area (Å²) in [7, 11) is -3.64. The molecule has 3 rings (SSSR count). The van der Waals surface area contributed by atoms with Crippen molar-refractivity contribution in [2.75, 3.05) is 5.32 Å². The van der Waals surface area contributed by atoms with Crippen LogP contribution in [-0.4, -0.2) is 34.9 Å². The van der Waals surface area contributed by atoms with Crippen molar-refractivity contribution in [1.82, 2.24) is 14.6 Å². The number of aromatic nitrogens is 3. The molecule has 0 fully saturated rings. The minimum atomic E-state index is -3.64. The van der Waals surface area contributed by atoms with Gasteiger partial charge in [0.15, 0.2) is 21.2 Å². The molecule has 0 unspecified atom stereocenters. The number of ether oxygens (including phenoxy) is 1. The van der Waals surface area contributed by atoms with E-state index in [9.17, 15) is 17.2 Å². The Hall–Kier alpha value is -2.75. The monoisotopic (exact) mass is 396 g/mol. The summed E-state index contributed by atoms with van der Waals surface area (Å²) >= 11 is 0. The Morgan fingerprint density at radius 2 is 1.93 bits per heavy atom. The molecule has 0 aliphatic heterocycles. The zero-order valence-electron chi connectivity index (χ0n) is 14.8. The van der Waals surface area contributed by atoms with Gasteiger partial charge in [-0.15, -0.1) is 5.10 Å². The number of nitrogens with zero attached hydrogens (tertiary/aromatic N) is 3. The second-order valence-electron chi connectivity index (χ2n) is 6.20. The third-order valence-electron chi connectivity index (χ3n) is 3.84. The van der Waals surface area contributed by atoms with Gasteiger partial charge in [-0.25, -0.2) is 12.9 Å². The lowest BCUT2D eigenvalue weighted by Gasteiger charge is -2.14. The van der Waals surface area contributed by atoms with Gasteiger partial charge in [-0.3, -0.25) is 0 Å². The Morgan fingerprint density at radius 3 is 2.59 bits per heavy atom. The summed E-state index contributed by atoms with van der Waals surface area (Å²) in [6.45, 7) is 1.81. The molecule has 0 aliphatic carbocycles. The van der Waals surface area contributed by atoms with Gasteiger partial charge in [0.1, 0.15) is 0 Å². The Morgan fingerprint density at radius 1 is 1.19 bits per heavy atom. The highest BCUT2D eigenvalue weighted by Crippen LogP contribution is 2.32. The molecule has 10 heteroatoms. The van der Waals surface area contributed by atoms with Gasteiger partial charge in [0.25, 0.3) is 0 Å². The number of rotatable bonds is 6. The van der Waals surface area contributed by atoms with Crippen molar-refractivity contribution in [3.8, 4) is 5.75 Å². The van der Waals surface area contributed by atoms with E-state index in [1.807, 2.05) is 13.0 Å². The van der Waals surface area contributed by atoms with Gasteiger partial charge in [0.2, 0.25) is 5.95 Å². The van der Waals surface area contributed by atoms with Crippen LogP contribution in [0.25, 0.3) is 5.65 Å². The predicted octanol–water partition coefficient (Wildman–Crippen LogP) is 3.56. The van der Waals surface area contributed by atoms with Crippen LogP contribution in [0.1, 0.15) is 19.4 Å². The molecule has 0 spiro atoms. The Balaban J connectivity index is 2.00. The Kier molecular flexibility index (Phi) is 5.01. The molecule has 0 saturated heterocycles. The minimum Gasteiger partial charge on any atom is -0.433 e. The van der Waals surface area contributed by atoms with Crippen LogP contribution in [0.3, 0.4) is 0 Å². The molecule has 0 radical (unpaired) electrons. The first-order chi connectivity index (χ1) is 12.7. The molecule has 2 aromatic heterocycles. The predicted molar refractivity (Wildman–Crippen MR) is 96.4 cm³/mol. The van der Waals surface area contributed by atoms with Crippen LogP contribution in [0, 0.1) is 6.92 Å². The topological polar surface area (TPSA) is 85.6 Å². The summed E-state index contributed by atoms with van der Waals surface area (Å²) in [6, 6.07) is 7.39. The van der Waals surface area contributed by atoms with Crippen LogP contribution in [0.4, 0.5) is 20.4 Å². The lowest BCUT2D eigenvalue weighted by Crippen LogP contribution is -2.14. The van der Waals surface area contributed by atoms with Gasteiger partial charge in [-0.1, -0.05) is 6.07 Å². The van der Waals surface area contributed by atoms with Gasteiger partial charge < -0.3 is 10.1 Å². The van der Waals surface area contributed by atoms with Gasteiger partial charge in [0.05, 0.1) is 15.8 Å². The molecule has 1 N–H and O–H groups in total. The summed E-state index contributed by atoms with van der Waals surface area (Å²) in [5, 5.41) is 6.32. The smallest absolute Gasteiger partial charge is 0.387 e. The van der Waals surface area contributed by atoms with E-state index in [1.165, 1.54) is 26.0 Å². The lowest BCUT2D eigenvalue weighted by molar-refractivity contribution is -0.0494. The number of hydrogen-bond acceptors (Lipinski definition) is 6. The molecule has 0 atom stereocenters. The average Bonchev–Trinajstić information content (AvgIpc) is 2.97. The summed E-state index contributed by atoms with van der Waals surface area (Å²) < 4.78 is 56.2. The van der Waals surface area contributed by atoms with Crippen LogP contribution in [0.5, 0.6) is 5.75 Å². The number of halogens is 2. The summed E-state index contributed by atoms with van der Waals surface area (Å²) in [5.74, 6) is -0.138. The second-order valence-corrected chi connectivity index (χ2v) is 8.70. The second kappa shape index (κ2) is 7.10. The molecule has 2 heterocycles. The fraction of sp³-hybridized carbons (Fsp3) is 0.294. The largest absolute Gasteiger partial charge is 0.433 e. The highest BCUT2D eigenvalue weighted by atomic mass is 32.2. The highest BCUT2D eigenvalue weighted by Gasteiger charge is 2.22. The van der Waals surface area contributed by atoms with Crippen molar-refractivity contribution in [2.24, 2.45) is 0 Å². The number of sulfone groups is 1. The zero-order valence-corrected chi connectivity index (χ0v) is 15.7. The summed E-state index contributed by atoms with van der Waals surface area (Å²) in [5.41, 5.74) is 1.67. The van der Waals surface area contributed by atoms with E-state index in [0.717, 1.165) is 11.6 Å². The maximum Gasteiger partial charge on any atom is 0.387 e. The first-order valence-corrected chi connectivity index (χ1v) is 9.64. The van der Waals surface area contributed by atoms with Crippen LogP contribution < -0.4 is 10.1 Å². The number of aryl methyl sites for hydroxylation is 1. The number of alkyl halides is 2. The van der Waals surface area contributed by atoms with E-state index < -0.39 is 21.7 Å². The van der Waals surface area contributed by atoms with E-state index in [-0.39, 0.29) is 22.3 Å². The minimum absolute atomic E-state index is 0.0997. The van der Waals surface area contributed by atoms with Gasteiger partial charge in [-0.05, 0) is 44.5 Å². The normalized spacial score (nSPS) is 12.1. The molecule has 3 aromatic rings. The van der Waals surface area contributed by atoms with E-state index in [1.54, 1.807) is 16.8 Å². The summed E-state index contributed by atoms with van der Waals surface area (Å²) in [6.07, 6.45) is 1.77. The Bertz CT molecular complexity index is 1080. The van der Waals surface area contributed by atoms with Gasteiger partial charge in [-0.2, -0.15) is 13.8 Å². The SMILES string of the molecule is Cc1ccc2nc(Nc3ccc(S(=O)(=O)C(C)C)cc3OC(F)F)nn2c1. The first kappa shape index (κ1) is 19.0. The van der Waals surface area contributed by atoms with Crippen molar-refractivity contribution in [2.45, 2.75) is 37.5 Å². The molecule has 0 amide bonds. The number of nitrogens with one attached hydrogen (secondary N) is 1. The van der Waals surface area contributed by atoms with Crippen molar-refractivity contribution in [3.05, 3.63) is 42.1 Å². The third kappa shape index (κ3) is 4.00. The molecule has 27 heavy (non-hydrogen) atoms. The van der Waals surface area contributed by atoms with E-state index in [0.29, 0.717) is 5.65 Å².